The summed E-state index contributed by atoms with van der Waals surface area (Å²) in [5, 5.41) is 4.99. The minimum absolute atomic E-state index is 0.163. The van der Waals surface area contributed by atoms with E-state index in [4.69, 9.17) is 5.14 Å². The smallest absolute Gasteiger partial charge is 0.238 e. The van der Waals surface area contributed by atoms with Crippen molar-refractivity contribution in [2.75, 3.05) is 20.6 Å². The molecule has 1 aromatic rings. The van der Waals surface area contributed by atoms with Gasteiger partial charge in [0.05, 0.1) is 4.90 Å². The van der Waals surface area contributed by atoms with Gasteiger partial charge in [-0.2, -0.15) is 0 Å². The number of rotatable bonds is 4. The maximum absolute atomic E-state index is 11.0. The molecule has 2 N–H and O–H groups in total. The third-order valence-corrected chi connectivity index (χ3v) is 3.03. The van der Waals surface area contributed by atoms with Gasteiger partial charge in [0, 0.05) is 6.54 Å². The fourth-order valence-electron chi connectivity index (χ4n) is 1.20. The molecule has 0 atom stereocenters. The zero-order valence-electron chi connectivity index (χ0n) is 8.97. The van der Waals surface area contributed by atoms with E-state index in [2.05, 4.69) is 4.90 Å². The van der Waals surface area contributed by atoms with Crippen LogP contribution in [0.4, 0.5) is 0 Å². The number of hydrogen-bond acceptors (Lipinski definition) is 3. The van der Waals surface area contributed by atoms with Crippen LogP contribution in [0.25, 0.3) is 0 Å². The summed E-state index contributed by atoms with van der Waals surface area (Å²) in [6.07, 6.45) is 0.901. The molecule has 1 rings (SSSR count). The van der Waals surface area contributed by atoms with Crippen LogP contribution < -0.4 is 5.14 Å². The van der Waals surface area contributed by atoms with Crippen LogP contribution in [-0.2, 0) is 16.4 Å². The van der Waals surface area contributed by atoms with Crippen LogP contribution in [0.15, 0.2) is 29.2 Å². The van der Waals surface area contributed by atoms with Gasteiger partial charge in [-0.15, -0.1) is 0 Å². The molecule has 5 heteroatoms. The first kappa shape index (κ1) is 12.2. The Labute approximate surface area is 90.8 Å². The molecule has 0 amide bonds. The van der Waals surface area contributed by atoms with Crippen molar-refractivity contribution < 1.29 is 8.42 Å². The fraction of sp³-hybridized carbons (Fsp3) is 0.400. The molecule has 0 spiro atoms. The molecule has 0 aliphatic rings. The Bertz CT molecular complexity index is 410. The van der Waals surface area contributed by atoms with Gasteiger partial charge in [0.2, 0.25) is 10.0 Å². The first-order chi connectivity index (χ1) is 6.89. The molecular weight excluding hydrogens is 212 g/mol. The van der Waals surface area contributed by atoms with Gasteiger partial charge < -0.3 is 4.90 Å². The van der Waals surface area contributed by atoms with E-state index in [0.29, 0.717) is 0 Å². The maximum Gasteiger partial charge on any atom is 0.238 e. The SMILES string of the molecule is CN(C)CCc1ccc(S(N)(=O)=O)cc1. The molecule has 4 nitrogen and oxygen atoms in total. The lowest BCUT2D eigenvalue weighted by atomic mass is 10.1. The number of nitrogens with two attached hydrogens (primary N) is 1. The minimum Gasteiger partial charge on any atom is -0.309 e. The largest absolute Gasteiger partial charge is 0.309 e. The van der Waals surface area contributed by atoms with E-state index in [1.54, 1.807) is 24.3 Å². The lowest BCUT2D eigenvalue weighted by Crippen LogP contribution is -2.15. The van der Waals surface area contributed by atoms with Crippen LogP contribution >= 0.6 is 0 Å². The predicted molar refractivity (Wildman–Crippen MR) is 60.1 cm³/mol. The standard InChI is InChI=1S/C10H16N2O2S/c1-12(2)8-7-9-3-5-10(6-4-9)15(11,13)14/h3-6H,7-8H2,1-2H3,(H2,11,13,14). The van der Waals surface area contributed by atoms with Crippen molar-refractivity contribution in [3.8, 4) is 0 Å². The Morgan fingerprint density at radius 1 is 1.20 bits per heavy atom. The average Bonchev–Trinajstić information content (AvgIpc) is 2.14. The first-order valence-electron chi connectivity index (χ1n) is 4.66. The van der Waals surface area contributed by atoms with Crippen molar-refractivity contribution in [1.82, 2.24) is 4.90 Å². The summed E-state index contributed by atoms with van der Waals surface area (Å²) in [7, 11) is 0.436. The lowest BCUT2D eigenvalue weighted by molar-refractivity contribution is 0.413. The number of sulfonamides is 1. The second-order valence-corrected chi connectivity index (χ2v) is 5.30. The summed E-state index contributed by atoms with van der Waals surface area (Å²) < 4.78 is 22.0. The highest BCUT2D eigenvalue weighted by Gasteiger charge is 2.06. The van der Waals surface area contributed by atoms with Gasteiger partial charge in [0.25, 0.3) is 0 Å². The van der Waals surface area contributed by atoms with E-state index in [1.165, 1.54) is 0 Å². The monoisotopic (exact) mass is 228 g/mol. The molecule has 0 aliphatic carbocycles. The normalized spacial score (nSPS) is 12.0. The summed E-state index contributed by atoms with van der Waals surface area (Å²) >= 11 is 0. The van der Waals surface area contributed by atoms with Crippen LogP contribution in [0.2, 0.25) is 0 Å². The van der Waals surface area contributed by atoms with E-state index in [1.807, 2.05) is 14.1 Å². The van der Waals surface area contributed by atoms with Crippen molar-refractivity contribution >= 4 is 10.0 Å². The van der Waals surface area contributed by atoms with Crippen LogP contribution in [0.5, 0.6) is 0 Å². The molecule has 0 saturated carbocycles. The van der Waals surface area contributed by atoms with Gasteiger partial charge in [-0.05, 0) is 38.2 Å². The van der Waals surface area contributed by atoms with Gasteiger partial charge >= 0.3 is 0 Å². The van der Waals surface area contributed by atoms with E-state index in [-0.39, 0.29) is 4.90 Å². The van der Waals surface area contributed by atoms with Crippen molar-refractivity contribution in [1.29, 1.82) is 0 Å². The maximum atomic E-state index is 11.0. The van der Waals surface area contributed by atoms with E-state index in [0.717, 1.165) is 18.5 Å². The van der Waals surface area contributed by atoms with Crippen LogP contribution in [0.1, 0.15) is 5.56 Å². The summed E-state index contributed by atoms with van der Waals surface area (Å²) in [5.74, 6) is 0. The number of likely N-dealkylation sites (N-methyl/N-ethyl adjacent to an activating group) is 1. The molecule has 0 unspecified atom stereocenters. The molecule has 0 heterocycles. The molecule has 1 aromatic carbocycles. The van der Waals surface area contributed by atoms with Crippen molar-refractivity contribution in [2.24, 2.45) is 5.14 Å². The molecular formula is C10H16N2O2S. The zero-order valence-corrected chi connectivity index (χ0v) is 9.79. The summed E-state index contributed by atoms with van der Waals surface area (Å²) in [5.41, 5.74) is 1.11. The van der Waals surface area contributed by atoms with E-state index >= 15 is 0 Å². The number of nitrogens with zero attached hydrogens (tertiary/aromatic N) is 1. The molecule has 0 aliphatic heterocycles. The molecule has 0 bridgehead atoms. The summed E-state index contributed by atoms with van der Waals surface area (Å²) in [6, 6.07) is 6.67. The molecule has 0 saturated heterocycles. The van der Waals surface area contributed by atoms with Crippen LogP contribution in [-0.4, -0.2) is 34.0 Å². The molecule has 84 valence electrons. The molecule has 15 heavy (non-hydrogen) atoms. The van der Waals surface area contributed by atoms with Gasteiger partial charge in [0.1, 0.15) is 0 Å². The third-order valence-electron chi connectivity index (χ3n) is 2.10. The van der Waals surface area contributed by atoms with Gasteiger partial charge in [-0.3, -0.25) is 0 Å². The van der Waals surface area contributed by atoms with E-state index < -0.39 is 10.0 Å². The lowest BCUT2D eigenvalue weighted by Gasteiger charge is -2.09. The Hall–Kier alpha value is -0.910. The van der Waals surface area contributed by atoms with Crippen molar-refractivity contribution in [2.45, 2.75) is 11.3 Å². The van der Waals surface area contributed by atoms with Gasteiger partial charge in [0.15, 0.2) is 0 Å². The van der Waals surface area contributed by atoms with Crippen molar-refractivity contribution in [3.63, 3.8) is 0 Å². The molecule has 0 fully saturated rings. The quantitative estimate of drug-likeness (QED) is 0.813. The Morgan fingerprint density at radius 3 is 2.13 bits per heavy atom. The number of hydrogen-bond donors (Lipinski definition) is 1. The zero-order chi connectivity index (χ0) is 11.5. The highest BCUT2D eigenvalue weighted by atomic mass is 32.2. The topological polar surface area (TPSA) is 63.4 Å². The fourth-order valence-corrected chi connectivity index (χ4v) is 1.71. The number of benzene rings is 1. The van der Waals surface area contributed by atoms with Gasteiger partial charge in [-0.25, -0.2) is 13.6 Å². The average molecular weight is 228 g/mol. The Kier molecular flexibility index (Phi) is 3.84. The van der Waals surface area contributed by atoms with E-state index in [9.17, 15) is 8.42 Å². The number of primary sulfonamides is 1. The second kappa shape index (κ2) is 4.74. The van der Waals surface area contributed by atoms with Crippen LogP contribution in [0, 0.1) is 0 Å². The van der Waals surface area contributed by atoms with Crippen LogP contribution in [0.3, 0.4) is 0 Å². The summed E-state index contributed by atoms with van der Waals surface area (Å²) in [4.78, 5) is 2.24. The van der Waals surface area contributed by atoms with Crippen molar-refractivity contribution in [3.05, 3.63) is 29.8 Å². The predicted octanol–water partition coefficient (Wildman–Crippen LogP) is 0.438. The third kappa shape index (κ3) is 3.99. The molecule has 0 aromatic heterocycles. The Morgan fingerprint density at radius 2 is 1.73 bits per heavy atom. The Balaban J connectivity index is 2.73. The summed E-state index contributed by atoms with van der Waals surface area (Å²) in [6.45, 7) is 0.939. The highest BCUT2D eigenvalue weighted by molar-refractivity contribution is 7.89. The van der Waals surface area contributed by atoms with Gasteiger partial charge in [-0.1, -0.05) is 12.1 Å². The highest BCUT2D eigenvalue weighted by Crippen LogP contribution is 2.09. The second-order valence-electron chi connectivity index (χ2n) is 3.74. The molecule has 0 radical (unpaired) electrons. The first-order valence-corrected chi connectivity index (χ1v) is 6.21. The minimum atomic E-state index is -3.56.